The van der Waals surface area contributed by atoms with Crippen molar-refractivity contribution in [3.8, 4) is 0 Å². The van der Waals surface area contributed by atoms with Crippen LogP contribution in [0.3, 0.4) is 0 Å². The summed E-state index contributed by atoms with van der Waals surface area (Å²) >= 11 is 0. The molecule has 29 heavy (non-hydrogen) atoms. The number of sulfonamides is 1. The summed E-state index contributed by atoms with van der Waals surface area (Å²) in [4.78, 5) is 14.6. The van der Waals surface area contributed by atoms with Crippen LogP contribution in [0.25, 0.3) is 0 Å². The number of rotatable bonds is 7. The minimum atomic E-state index is -3.58. The average Bonchev–Trinajstić information content (AvgIpc) is 2.61. The van der Waals surface area contributed by atoms with E-state index in [1.54, 1.807) is 26.0 Å². The van der Waals surface area contributed by atoms with Crippen LogP contribution >= 0.6 is 0 Å². The molecule has 2 unspecified atom stereocenters. The zero-order chi connectivity index (χ0) is 21.8. The van der Waals surface area contributed by atoms with Crippen LogP contribution in [0.2, 0.25) is 0 Å². The summed E-state index contributed by atoms with van der Waals surface area (Å²) in [6, 6.07) is 6.34. The van der Waals surface area contributed by atoms with E-state index in [0.717, 1.165) is 13.0 Å². The van der Waals surface area contributed by atoms with Crippen molar-refractivity contribution in [3.05, 3.63) is 24.3 Å². The fraction of sp³-hybridized carbons (Fsp3) is 0.667. The Kier molecular flexibility index (Phi) is 7.84. The van der Waals surface area contributed by atoms with Crippen LogP contribution in [0.1, 0.15) is 41.0 Å². The first-order valence-corrected chi connectivity index (χ1v) is 11.7. The summed E-state index contributed by atoms with van der Waals surface area (Å²) in [6.45, 7) is 12.1. The SMILES string of the molecule is CCN(CC)S(=O)(=O)c1cccc(NC(=O)CN2CCC(C(C)(C)C)C(O)C2)c1. The van der Waals surface area contributed by atoms with Gasteiger partial charge in [0, 0.05) is 25.3 Å². The zero-order valence-electron chi connectivity index (χ0n) is 18.2. The number of nitrogens with one attached hydrogen (secondary N) is 1. The molecule has 1 heterocycles. The van der Waals surface area contributed by atoms with Crippen molar-refractivity contribution in [1.29, 1.82) is 0 Å². The van der Waals surface area contributed by atoms with Crippen molar-refractivity contribution in [2.24, 2.45) is 11.3 Å². The van der Waals surface area contributed by atoms with Gasteiger partial charge in [0.2, 0.25) is 15.9 Å². The van der Waals surface area contributed by atoms with Gasteiger partial charge in [0.05, 0.1) is 17.5 Å². The van der Waals surface area contributed by atoms with Gasteiger partial charge < -0.3 is 10.4 Å². The normalized spacial score (nSPS) is 21.3. The van der Waals surface area contributed by atoms with Crippen LogP contribution < -0.4 is 5.32 Å². The van der Waals surface area contributed by atoms with Crippen LogP contribution in [0.5, 0.6) is 0 Å². The number of benzene rings is 1. The first-order chi connectivity index (χ1) is 13.5. The zero-order valence-corrected chi connectivity index (χ0v) is 19.0. The Bertz CT molecular complexity index is 800. The Morgan fingerprint density at radius 3 is 2.48 bits per heavy atom. The second-order valence-electron chi connectivity index (χ2n) is 8.73. The predicted octanol–water partition coefficient (Wildman–Crippen LogP) is 2.38. The third-order valence-corrected chi connectivity index (χ3v) is 7.65. The second kappa shape index (κ2) is 9.55. The van der Waals surface area contributed by atoms with Crippen molar-refractivity contribution in [1.82, 2.24) is 9.21 Å². The summed E-state index contributed by atoms with van der Waals surface area (Å²) in [5.41, 5.74) is 0.484. The monoisotopic (exact) mass is 425 g/mol. The van der Waals surface area contributed by atoms with Crippen LogP contribution in [0.4, 0.5) is 5.69 Å². The first-order valence-electron chi connectivity index (χ1n) is 10.3. The lowest BCUT2D eigenvalue weighted by Crippen LogP contribution is -2.49. The molecule has 1 aliphatic rings. The van der Waals surface area contributed by atoms with Crippen molar-refractivity contribution in [2.45, 2.75) is 52.0 Å². The molecule has 1 aliphatic heterocycles. The van der Waals surface area contributed by atoms with Crippen molar-refractivity contribution >= 4 is 21.6 Å². The van der Waals surface area contributed by atoms with Crippen LogP contribution in [0.15, 0.2) is 29.2 Å². The Morgan fingerprint density at radius 1 is 1.28 bits per heavy atom. The summed E-state index contributed by atoms with van der Waals surface area (Å²) in [7, 11) is -3.58. The molecule has 0 spiro atoms. The van der Waals surface area contributed by atoms with E-state index in [-0.39, 0.29) is 28.7 Å². The molecule has 8 heteroatoms. The molecule has 1 fully saturated rings. The third kappa shape index (κ3) is 6.01. The van der Waals surface area contributed by atoms with E-state index in [1.165, 1.54) is 16.4 Å². The van der Waals surface area contributed by atoms with Gasteiger partial charge in [-0.25, -0.2) is 8.42 Å². The van der Waals surface area contributed by atoms with Gasteiger partial charge in [-0.1, -0.05) is 40.7 Å². The maximum Gasteiger partial charge on any atom is 0.243 e. The number of hydrogen-bond acceptors (Lipinski definition) is 5. The molecule has 164 valence electrons. The molecule has 1 aromatic rings. The van der Waals surface area contributed by atoms with Crippen molar-refractivity contribution in [2.75, 3.05) is 38.0 Å². The fourth-order valence-corrected chi connectivity index (χ4v) is 5.51. The molecule has 0 bridgehead atoms. The highest BCUT2D eigenvalue weighted by atomic mass is 32.2. The van der Waals surface area contributed by atoms with Gasteiger partial charge in [0.15, 0.2) is 0 Å². The summed E-state index contributed by atoms with van der Waals surface area (Å²) in [6.07, 6.45) is 0.384. The number of piperidine rings is 1. The Labute approximate surface area is 175 Å². The number of carbonyl (C=O) groups is 1. The molecule has 7 nitrogen and oxygen atoms in total. The molecule has 1 saturated heterocycles. The lowest BCUT2D eigenvalue weighted by molar-refractivity contribution is -0.118. The topological polar surface area (TPSA) is 90.0 Å². The second-order valence-corrected chi connectivity index (χ2v) is 10.7. The maximum atomic E-state index is 12.7. The third-order valence-electron chi connectivity index (χ3n) is 5.61. The smallest absolute Gasteiger partial charge is 0.243 e. The van der Waals surface area contributed by atoms with E-state index in [0.29, 0.717) is 25.3 Å². The number of aliphatic hydroxyl groups excluding tert-OH is 1. The minimum Gasteiger partial charge on any atom is -0.391 e. The van der Waals surface area contributed by atoms with E-state index in [4.69, 9.17) is 0 Å². The molecule has 0 aromatic heterocycles. The minimum absolute atomic E-state index is 0.0323. The number of likely N-dealkylation sites (tertiary alicyclic amines) is 1. The van der Waals surface area contributed by atoms with Gasteiger partial charge in [0.1, 0.15) is 0 Å². The van der Waals surface area contributed by atoms with Gasteiger partial charge >= 0.3 is 0 Å². The van der Waals surface area contributed by atoms with E-state index < -0.39 is 16.1 Å². The molecular formula is C21H35N3O4S. The van der Waals surface area contributed by atoms with Gasteiger partial charge in [-0.05, 0) is 42.5 Å². The molecule has 1 aromatic carbocycles. The number of β-amino-alcohol motifs (C(OH)–C–C–N with tert-alkyl or cyclic N) is 1. The molecule has 0 saturated carbocycles. The summed E-state index contributed by atoms with van der Waals surface area (Å²) in [5.74, 6) is -0.00688. The number of carbonyl (C=O) groups excluding carboxylic acids is 1. The quantitative estimate of drug-likeness (QED) is 0.700. The average molecular weight is 426 g/mol. The Morgan fingerprint density at radius 2 is 1.93 bits per heavy atom. The van der Waals surface area contributed by atoms with E-state index in [1.807, 2.05) is 4.90 Å². The number of anilines is 1. The fourth-order valence-electron chi connectivity index (χ4n) is 4.00. The first kappa shape index (κ1) is 23.8. The van der Waals surface area contributed by atoms with Crippen LogP contribution in [-0.4, -0.2) is 67.5 Å². The van der Waals surface area contributed by atoms with E-state index >= 15 is 0 Å². The molecule has 1 amide bonds. The highest BCUT2D eigenvalue weighted by Crippen LogP contribution is 2.34. The van der Waals surface area contributed by atoms with Gasteiger partial charge in [0.25, 0.3) is 0 Å². The highest BCUT2D eigenvalue weighted by molar-refractivity contribution is 7.89. The molecule has 2 atom stereocenters. The Balaban J connectivity index is 2.00. The molecule has 2 N–H and O–H groups in total. The molecule has 2 rings (SSSR count). The standard InChI is InChI=1S/C21H35N3O4S/c1-6-24(7-2)29(27,28)17-10-8-9-16(13-17)22-20(26)15-23-12-11-18(19(25)14-23)21(3,4)5/h8-10,13,18-19,25H,6-7,11-12,14-15H2,1-5H3,(H,22,26). The van der Waals surface area contributed by atoms with Crippen molar-refractivity contribution < 1.29 is 18.3 Å². The molecule has 0 aliphatic carbocycles. The maximum absolute atomic E-state index is 12.7. The number of hydrogen-bond donors (Lipinski definition) is 2. The van der Waals surface area contributed by atoms with Crippen molar-refractivity contribution in [3.63, 3.8) is 0 Å². The highest BCUT2D eigenvalue weighted by Gasteiger charge is 2.36. The van der Waals surface area contributed by atoms with Gasteiger partial charge in [-0.15, -0.1) is 0 Å². The summed E-state index contributed by atoms with van der Waals surface area (Å²) in [5, 5.41) is 13.2. The van der Waals surface area contributed by atoms with Gasteiger partial charge in [-0.3, -0.25) is 9.69 Å². The lowest BCUT2D eigenvalue weighted by Gasteiger charge is -2.42. The van der Waals surface area contributed by atoms with E-state index in [2.05, 4.69) is 26.1 Å². The van der Waals surface area contributed by atoms with Crippen LogP contribution in [-0.2, 0) is 14.8 Å². The number of aliphatic hydroxyl groups is 1. The largest absolute Gasteiger partial charge is 0.391 e. The number of nitrogens with zero attached hydrogens (tertiary/aromatic N) is 2. The number of amides is 1. The predicted molar refractivity (Wildman–Crippen MR) is 115 cm³/mol. The Hall–Kier alpha value is -1.48. The summed E-state index contributed by atoms with van der Waals surface area (Å²) < 4.78 is 26.7. The molecule has 0 radical (unpaired) electrons. The van der Waals surface area contributed by atoms with E-state index in [9.17, 15) is 18.3 Å². The lowest BCUT2D eigenvalue weighted by atomic mass is 9.74. The molecular weight excluding hydrogens is 390 g/mol. The van der Waals surface area contributed by atoms with Crippen LogP contribution in [0, 0.1) is 11.3 Å². The van der Waals surface area contributed by atoms with Gasteiger partial charge in [-0.2, -0.15) is 4.31 Å².